The van der Waals surface area contributed by atoms with Gasteiger partial charge in [0.2, 0.25) is 0 Å². The molecule has 0 aromatic heterocycles. The number of aliphatic hydroxyl groups is 1. The second kappa shape index (κ2) is 3.21. The fourth-order valence-electron chi connectivity index (χ4n) is 4.28. The third kappa shape index (κ3) is 1.38. The summed E-state index contributed by atoms with van der Waals surface area (Å²) >= 11 is 0. The van der Waals surface area contributed by atoms with E-state index in [1.165, 1.54) is 12.8 Å². The Hall–Kier alpha value is -0.120. The molecule has 1 saturated heterocycles. The van der Waals surface area contributed by atoms with E-state index in [9.17, 15) is 5.11 Å². The number of hydrogen-bond acceptors (Lipinski definition) is 3. The topological polar surface area (TPSA) is 32.7 Å². The Kier molecular flexibility index (Phi) is 2.21. The quantitative estimate of drug-likeness (QED) is 0.778. The number of fused-ring (bicyclic) bond motifs is 1. The molecule has 3 aliphatic rings. The molecule has 1 heterocycles. The lowest BCUT2D eigenvalue weighted by molar-refractivity contribution is -0.151. The van der Waals surface area contributed by atoms with Crippen LogP contribution in [0.4, 0.5) is 0 Å². The van der Waals surface area contributed by atoms with Crippen LogP contribution < -0.4 is 0 Å². The molecule has 0 bridgehead atoms. The van der Waals surface area contributed by atoms with E-state index < -0.39 is 0 Å². The number of hydrogen-bond donors (Lipinski definition) is 1. The van der Waals surface area contributed by atoms with Gasteiger partial charge in [-0.1, -0.05) is 13.8 Å². The minimum absolute atomic E-state index is 0.0133. The first kappa shape index (κ1) is 11.0. The lowest BCUT2D eigenvalue weighted by Gasteiger charge is -2.34. The average molecular weight is 225 g/mol. The van der Waals surface area contributed by atoms with E-state index in [0.717, 1.165) is 18.8 Å². The van der Waals surface area contributed by atoms with Gasteiger partial charge in [-0.15, -0.1) is 0 Å². The van der Waals surface area contributed by atoms with E-state index in [2.05, 4.69) is 13.8 Å². The number of nitrogens with zero attached hydrogens (tertiary/aromatic N) is 1. The van der Waals surface area contributed by atoms with Crippen LogP contribution in [-0.2, 0) is 4.84 Å². The van der Waals surface area contributed by atoms with Crippen LogP contribution in [0.1, 0.15) is 39.5 Å². The molecule has 3 fully saturated rings. The first-order valence-corrected chi connectivity index (χ1v) is 6.49. The third-order valence-corrected chi connectivity index (χ3v) is 4.82. The summed E-state index contributed by atoms with van der Waals surface area (Å²) in [5.74, 6) is 0.760. The molecular formula is C13H23NO2. The highest BCUT2D eigenvalue weighted by atomic mass is 16.7. The Morgan fingerprint density at radius 2 is 2.06 bits per heavy atom. The summed E-state index contributed by atoms with van der Waals surface area (Å²) in [6.07, 6.45) is 5.05. The molecule has 0 radical (unpaired) electrons. The standard InChI is InChI=1S/C13H23NO2/c1-12(2)6-10-13(7-12,8-15)11(9-4-5-9)14(3)16-10/h9-11,15H,4-8H2,1-3H3/t10-,11+,13-/m1/s1. The van der Waals surface area contributed by atoms with Gasteiger partial charge in [0.05, 0.1) is 12.7 Å². The SMILES string of the molecule is CN1O[C@@H]2CC(C)(C)C[C@]2(CO)[C@@H]1C1CC1. The van der Waals surface area contributed by atoms with E-state index in [-0.39, 0.29) is 18.1 Å². The molecule has 0 spiro atoms. The summed E-state index contributed by atoms with van der Waals surface area (Å²) in [4.78, 5) is 6.00. The number of aliphatic hydroxyl groups excluding tert-OH is 1. The van der Waals surface area contributed by atoms with Gasteiger partial charge in [-0.3, -0.25) is 4.84 Å². The van der Waals surface area contributed by atoms with Gasteiger partial charge in [0, 0.05) is 18.5 Å². The Bertz CT molecular complexity index is 300. The zero-order valence-electron chi connectivity index (χ0n) is 10.6. The predicted molar refractivity (Wildman–Crippen MR) is 61.7 cm³/mol. The second-order valence-electron chi connectivity index (χ2n) is 6.86. The molecule has 0 amide bonds. The van der Waals surface area contributed by atoms with Crippen LogP contribution in [0.25, 0.3) is 0 Å². The van der Waals surface area contributed by atoms with Crippen molar-refractivity contribution in [1.82, 2.24) is 5.06 Å². The van der Waals surface area contributed by atoms with Crippen LogP contribution in [0.2, 0.25) is 0 Å². The fraction of sp³-hybridized carbons (Fsp3) is 1.00. The Labute approximate surface area is 97.7 Å². The van der Waals surface area contributed by atoms with Crippen molar-refractivity contribution in [3.05, 3.63) is 0 Å². The van der Waals surface area contributed by atoms with Crippen LogP contribution in [0.15, 0.2) is 0 Å². The van der Waals surface area contributed by atoms with Crippen molar-refractivity contribution in [2.75, 3.05) is 13.7 Å². The van der Waals surface area contributed by atoms with Crippen molar-refractivity contribution in [2.45, 2.75) is 51.7 Å². The first-order valence-electron chi connectivity index (χ1n) is 6.49. The van der Waals surface area contributed by atoms with E-state index in [0.29, 0.717) is 11.5 Å². The van der Waals surface area contributed by atoms with Crippen LogP contribution in [0, 0.1) is 16.7 Å². The molecule has 0 unspecified atom stereocenters. The summed E-state index contributed by atoms with van der Waals surface area (Å²) < 4.78 is 0. The predicted octanol–water partition coefficient (Wildman–Crippen LogP) is 1.81. The maximum Gasteiger partial charge on any atom is 0.0892 e. The number of rotatable bonds is 2. The summed E-state index contributed by atoms with van der Waals surface area (Å²) in [6.45, 7) is 4.89. The van der Waals surface area contributed by atoms with Gasteiger partial charge in [-0.2, -0.15) is 5.06 Å². The zero-order chi connectivity index (χ0) is 11.6. The Morgan fingerprint density at radius 1 is 1.38 bits per heavy atom. The zero-order valence-corrected chi connectivity index (χ0v) is 10.6. The molecule has 16 heavy (non-hydrogen) atoms. The maximum absolute atomic E-state index is 9.92. The molecule has 0 aromatic rings. The molecule has 3 nitrogen and oxygen atoms in total. The van der Waals surface area contributed by atoms with E-state index in [1.807, 2.05) is 12.1 Å². The van der Waals surface area contributed by atoms with Gasteiger partial charge >= 0.3 is 0 Å². The van der Waals surface area contributed by atoms with E-state index in [1.54, 1.807) is 0 Å². The molecule has 0 aromatic carbocycles. The van der Waals surface area contributed by atoms with Gasteiger partial charge in [0.15, 0.2) is 0 Å². The van der Waals surface area contributed by atoms with Crippen molar-refractivity contribution < 1.29 is 9.94 Å². The molecule has 1 N–H and O–H groups in total. The second-order valence-corrected chi connectivity index (χ2v) is 6.86. The van der Waals surface area contributed by atoms with Crippen LogP contribution in [0.3, 0.4) is 0 Å². The normalized spacial score (nSPS) is 47.2. The van der Waals surface area contributed by atoms with Crippen molar-refractivity contribution in [3.8, 4) is 0 Å². The average Bonchev–Trinajstić information content (AvgIpc) is 2.90. The van der Waals surface area contributed by atoms with Gasteiger partial charge in [-0.05, 0) is 37.0 Å². The highest BCUT2D eigenvalue weighted by Crippen LogP contribution is 2.60. The molecule has 3 rings (SSSR count). The lowest BCUT2D eigenvalue weighted by atomic mass is 9.74. The number of hydroxylamine groups is 2. The molecule has 2 aliphatic carbocycles. The monoisotopic (exact) mass is 225 g/mol. The Balaban J connectivity index is 1.93. The molecule has 1 aliphatic heterocycles. The largest absolute Gasteiger partial charge is 0.396 e. The maximum atomic E-state index is 9.92. The lowest BCUT2D eigenvalue weighted by Crippen LogP contribution is -2.44. The van der Waals surface area contributed by atoms with E-state index in [4.69, 9.17) is 4.84 Å². The van der Waals surface area contributed by atoms with Crippen molar-refractivity contribution >= 4 is 0 Å². The van der Waals surface area contributed by atoms with Crippen molar-refractivity contribution in [3.63, 3.8) is 0 Å². The Morgan fingerprint density at radius 3 is 2.62 bits per heavy atom. The van der Waals surface area contributed by atoms with Gasteiger partial charge < -0.3 is 5.11 Å². The highest BCUT2D eigenvalue weighted by molar-refractivity contribution is 5.12. The minimum atomic E-state index is 0.0133. The molecule has 3 heteroatoms. The van der Waals surface area contributed by atoms with Gasteiger partial charge in [-0.25, -0.2) is 0 Å². The highest BCUT2D eigenvalue weighted by Gasteiger charge is 2.64. The summed E-state index contributed by atoms with van der Waals surface area (Å²) in [6, 6.07) is 0.448. The summed E-state index contributed by atoms with van der Waals surface area (Å²) in [5.41, 5.74) is 0.335. The van der Waals surface area contributed by atoms with Crippen molar-refractivity contribution in [2.24, 2.45) is 16.7 Å². The fourth-order valence-corrected chi connectivity index (χ4v) is 4.28. The van der Waals surface area contributed by atoms with Crippen LogP contribution in [0.5, 0.6) is 0 Å². The molecular weight excluding hydrogens is 202 g/mol. The first-order chi connectivity index (χ1) is 7.48. The molecule has 3 atom stereocenters. The van der Waals surface area contributed by atoms with E-state index >= 15 is 0 Å². The summed E-state index contributed by atoms with van der Waals surface area (Å²) in [7, 11) is 2.05. The molecule has 92 valence electrons. The van der Waals surface area contributed by atoms with Crippen LogP contribution in [-0.4, -0.2) is 36.0 Å². The third-order valence-electron chi connectivity index (χ3n) is 4.82. The smallest absolute Gasteiger partial charge is 0.0892 e. The summed E-state index contributed by atoms with van der Waals surface area (Å²) in [5, 5.41) is 12.0. The molecule has 2 saturated carbocycles. The minimum Gasteiger partial charge on any atom is -0.396 e. The van der Waals surface area contributed by atoms with Gasteiger partial charge in [0.1, 0.15) is 0 Å². The van der Waals surface area contributed by atoms with Gasteiger partial charge in [0.25, 0.3) is 0 Å². The van der Waals surface area contributed by atoms with Crippen molar-refractivity contribution in [1.29, 1.82) is 0 Å². The van der Waals surface area contributed by atoms with Crippen LogP contribution >= 0.6 is 0 Å².